The van der Waals surface area contributed by atoms with E-state index in [0.717, 1.165) is 0 Å². The molecule has 0 saturated heterocycles. The molecule has 0 aromatic rings. The average Bonchev–Trinajstić information content (AvgIpc) is 1.51. The summed E-state index contributed by atoms with van der Waals surface area (Å²) >= 11 is 0. The third-order valence-electron chi connectivity index (χ3n) is 0.967. The van der Waals surface area contributed by atoms with Crippen LogP contribution in [0.5, 0.6) is 0 Å². The normalized spacial score (nSPS) is 17.0. The van der Waals surface area contributed by atoms with E-state index in [1.807, 2.05) is 0 Å². The average molecular weight is 222 g/mol. The van der Waals surface area contributed by atoms with Crippen LogP contribution in [0.25, 0.3) is 0 Å². The number of hydrogen-bond acceptors (Lipinski definition) is 3. The van der Waals surface area contributed by atoms with Gasteiger partial charge in [-0.1, -0.05) is 0 Å². The van der Waals surface area contributed by atoms with Crippen LogP contribution < -0.4 is 0 Å². The van der Waals surface area contributed by atoms with Crippen LogP contribution in [0.1, 0.15) is 0 Å². The van der Waals surface area contributed by atoms with Gasteiger partial charge in [-0.2, -0.15) is 0 Å². The van der Waals surface area contributed by atoms with E-state index in [2.05, 4.69) is 4.31 Å². The minimum absolute atomic E-state index is 0.0728. The van der Waals surface area contributed by atoms with E-state index < -0.39 is 14.8 Å². The van der Waals surface area contributed by atoms with Crippen LogP contribution in [0.2, 0.25) is 0 Å². The molecule has 0 aromatic heterocycles. The molecule has 0 spiro atoms. The van der Waals surface area contributed by atoms with Crippen molar-refractivity contribution < 1.29 is 22.0 Å². The van der Waals surface area contributed by atoms with Gasteiger partial charge in [0.15, 0.2) is 0 Å². The van der Waals surface area contributed by atoms with E-state index in [0.29, 0.717) is 0 Å². The van der Waals surface area contributed by atoms with Gasteiger partial charge in [0, 0.05) is 0 Å². The molecule has 0 amide bonds. The molecular weight excluding hydrogens is 208 g/mol. The number of methoxy groups -OCH3 is 1. The summed E-state index contributed by atoms with van der Waals surface area (Å²) in [6, 6.07) is 0. The zero-order chi connectivity index (χ0) is 10.1. The zero-order valence-corrected chi connectivity index (χ0v) is 9.37. The maximum absolute atomic E-state index is 12.1. The summed E-state index contributed by atoms with van der Waals surface area (Å²) in [4.78, 5) is 0. The Morgan fingerprint density at radius 1 is 1.33 bits per heavy atom. The molecule has 0 fully saturated rings. The Morgan fingerprint density at radius 3 is 2.00 bits per heavy atom. The molecule has 0 radical (unpaired) electrons. The molecule has 0 aliphatic carbocycles. The SMILES string of the molecule is COCP(C)(C)(C)OP(=O)(F)F. The molecule has 0 aromatic carbocycles. The Balaban J connectivity index is 4.49. The Hall–Kier alpha value is 0.440. The molecule has 0 N–H and O–H groups in total. The summed E-state index contributed by atoms with van der Waals surface area (Å²) in [7, 11) is -4.01. The van der Waals surface area contributed by atoms with Gasteiger partial charge in [0.25, 0.3) is 0 Å². The third kappa shape index (κ3) is 6.01. The number of ether oxygens (including phenoxy) is 1. The second-order valence-electron chi connectivity index (χ2n) is 3.88. The first-order chi connectivity index (χ1) is 5.03. The second-order valence-corrected chi connectivity index (χ2v) is 11.6. The first kappa shape index (κ1) is 12.4. The molecular formula is C5H14F2O3P2. The van der Waals surface area contributed by atoms with Crippen LogP contribution >= 0.6 is 14.8 Å². The standard InChI is InChI=1S/C5H14F2O3P2/c1-9-5-12(2,3,4)10-11(6,7)8/h5H2,1-4H3. The molecule has 0 atom stereocenters. The fourth-order valence-electron chi connectivity index (χ4n) is 0.816. The van der Waals surface area contributed by atoms with Gasteiger partial charge in [0.2, 0.25) is 0 Å². The molecule has 0 heterocycles. The van der Waals surface area contributed by atoms with Crippen LogP contribution in [0.4, 0.5) is 8.39 Å². The van der Waals surface area contributed by atoms with Crippen LogP contribution in [0.15, 0.2) is 0 Å². The van der Waals surface area contributed by atoms with Crippen molar-refractivity contribution in [1.82, 2.24) is 0 Å². The Kier molecular flexibility index (Phi) is 3.42. The quantitative estimate of drug-likeness (QED) is 0.686. The van der Waals surface area contributed by atoms with Crippen LogP contribution in [-0.2, 0) is 13.6 Å². The molecule has 0 aliphatic heterocycles. The Bertz CT molecular complexity index is 204. The van der Waals surface area contributed by atoms with Crippen molar-refractivity contribution >= 4 is 14.8 Å². The summed E-state index contributed by atoms with van der Waals surface area (Å²) in [5.74, 6) is 0. The van der Waals surface area contributed by atoms with E-state index in [1.54, 1.807) is 0 Å². The Labute approximate surface area is 71.1 Å². The predicted molar refractivity (Wildman–Crippen MR) is 47.5 cm³/mol. The van der Waals surface area contributed by atoms with Crippen LogP contribution in [0.3, 0.4) is 0 Å². The van der Waals surface area contributed by atoms with E-state index in [-0.39, 0.29) is 6.35 Å². The molecule has 0 aliphatic rings. The van der Waals surface area contributed by atoms with E-state index in [9.17, 15) is 13.0 Å². The molecule has 12 heavy (non-hydrogen) atoms. The monoisotopic (exact) mass is 222 g/mol. The molecule has 0 unspecified atom stereocenters. The zero-order valence-electron chi connectivity index (χ0n) is 7.58. The number of rotatable bonds is 4. The summed E-state index contributed by atoms with van der Waals surface area (Å²) in [5.41, 5.74) is 0. The summed E-state index contributed by atoms with van der Waals surface area (Å²) in [5, 5.41) is 0. The van der Waals surface area contributed by atoms with Gasteiger partial charge in [-0.3, -0.25) is 0 Å². The topological polar surface area (TPSA) is 35.5 Å². The number of hydrogen-bond donors (Lipinski definition) is 0. The van der Waals surface area contributed by atoms with Crippen molar-refractivity contribution in [3.05, 3.63) is 0 Å². The van der Waals surface area contributed by atoms with Gasteiger partial charge in [-0.15, -0.1) is 0 Å². The second kappa shape index (κ2) is 3.30. The fourth-order valence-corrected chi connectivity index (χ4v) is 4.70. The van der Waals surface area contributed by atoms with Gasteiger partial charge < -0.3 is 0 Å². The minimum atomic E-state index is -5.40. The molecule has 0 saturated carbocycles. The van der Waals surface area contributed by atoms with E-state index in [1.165, 1.54) is 27.1 Å². The number of halogens is 2. The van der Waals surface area contributed by atoms with Crippen molar-refractivity contribution in [3.8, 4) is 0 Å². The van der Waals surface area contributed by atoms with Gasteiger partial charge in [0.05, 0.1) is 0 Å². The first-order valence-electron chi connectivity index (χ1n) is 3.24. The summed E-state index contributed by atoms with van der Waals surface area (Å²) < 4.78 is 43.3. The molecule has 0 rings (SSSR count). The van der Waals surface area contributed by atoms with Crippen LogP contribution in [0, 0.1) is 0 Å². The van der Waals surface area contributed by atoms with Gasteiger partial charge in [-0.25, -0.2) is 0 Å². The van der Waals surface area contributed by atoms with Crippen molar-refractivity contribution in [2.75, 3.05) is 33.5 Å². The van der Waals surface area contributed by atoms with Crippen molar-refractivity contribution in [3.63, 3.8) is 0 Å². The third-order valence-corrected chi connectivity index (χ3v) is 5.29. The first-order valence-corrected chi connectivity index (χ1v) is 8.33. The molecule has 0 bridgehead atoms. The fraction of sp³-hybridized carbons (Fsp3) is 1.00. The van der Waals surface area contributed by atoms with Gasteiger partial charge in [-0.05, 0) is 0 Å². The molecule has 7 heteroatoms. The van der Waals surface area contributed by atoms with Crippen molar-refractivity contribution in [1.29, 1.82) is 0 Å². The Morgan fingerprint density at radius 2 is 1.75 bits per heavy atom. The van der Waals surface area contributed by atoms with E-state index in [4.69, 9.17) is 4.74 Å². The maximum atomic E-state index is 12.1. The molecule has 3 nitrogen and oxygen atoms in total. The summed E-state index contributed by atoms with van der Waals surface area (Å²) in [6.07, 6.45) is 0.0728. The van der Waals surface area contributed by atoms with Gasteiger partial charge in [0.1, 0.15) is 0 Å². The predicted octanol–water partition coefficient (Wildman–Crippen LogP) is 3.01. The van der Waals surface area contributed by atoms with Crippen molar-refractivity contribution in [2.45, 2.75) is 0 Å². The van der Waals surface area contributed by atoms with Crippen LogP contribution in [-0.4, -0.2) is 33.5 Å². The van der Waals surface area contributed by atoms with E-state index >= 15 is 0 Å². The van der Waals surface area contributed by atoms with Gasteiger partial charge >= 0.3 is 70.3 Å². The molecule has 76 valence electrons. The summed E-state index contributed by atoms with van der Waals surface area (Å²) in [6.45, 7) is 1.55. The van der Waals surface area contributed by atoms with Crippen molar-refractivity contribution in [2.24, 2.45) is 0 Å².